The maximum absolute atomic E-state index is 5.86. The molecule has 5 heteroatoms. The van der Waals surface area contributed by atoms with Gasteiger partial charge in [0.25, 0.3) is 0 Å². The predicted octanol–water partition coefficient (Wildman–Crippen LogP) is 13.0. The van der Waals surface area contributed by atoms with Crippen molar-refractivity contribution in [3.63, 3.8) is 0 Å². The first-order valence-electron chi connectivity index (χ1n) is 23.6. The zero-order valence-electron chi connectivity index (χ0n) is 43.3. The Labute approximate surface area is 447 Å². The van der Waals surface area contributed by atoms with Gasteiger partial charge in [-0.15, -0.1) is 39.7 Å². The van der Waals surface area contributed by atoms with Gasteiger partial charge in [-0.3, -0.25) is 6.08 Å². The van der Waals surface area contributed by atoms with E-state index in [4.69, 9.17) is 23.2 Å². The number of fused-ring (bicyclic) bond motifs is 3. The molecular formula is C63H70Cl4Zr-2. The first kappa shape index (κ1) is 57.2. The van der Waals surface area contributed by atoms with Crippen molar-refractivity contribution < 1.29 is 49.0 Å². The van der Waals surface area contributed by atoms with E-state index in [1.54, 1.807) is 0 Å². The van der Waals surface area contributed by atoms with Gasteiger partial charge in [0.05, 0.1) is 0 Å². The van der Waals surface area contributed by atoms with Crippen molar-refractivity contribution in [3.8, 4) is 22.3 Å². The van der Waals surface area contributed by atoms with Crippen molar-refractivity contribution in [3.05, 3.63) is 193 Å². The molecule has 7 aromatic rings. The van der Waals surface area contributed by atoms with E-state index in [9.17, 15) is 0 Å². The van der Waals surface area contributed by atoms with E-state index in [2.05, 4.69) is 184 Å². The van der Waals surface area contributed by atoms with Crippen LogP contribution < -0.4 is 24.8 Å². The normalized spacial score (nSPS) is 13.5. The van der Waals surface area contributed by atoms with Gasteiger partial charge in [0.2, 0.25) is 0 Å². The molecule has 1 unspecified atom stereocenters. The van der Waals surface area contributed by atoms with Crippen LogP contribution in [0, 0.1) is 59.0 Å². The van der Waals surface area contributed by atoms with Crippen LogP contribution in [0.15, 0.2) is 121 Å². The van der Waals surface area contributed by atoms with Crippen molar-refractivity contribution in [2.75, 3.05) is 0 Å². The third kappa shape index (κ3) is 13.3. The number of rotatable bonds is 5. The van der Waals surface area contributed by atoms with E-state index < -0.39 is 0 Å². The van der Waals surface area contributed by atoms with Crippen LogP contribution in [0.5, 0.6) is 0 Å². The Morgan fingerprint density at radius 2 is 0.897 bits per heavy atom. The van der Waals surface area contributed by atoms with Gasteiger partial charge in [-0.05, 0) is 108 Å². The SMILES string of the molecule is CCC1[C-]=CC(C(C)(C)C)=C1.Cc1cc(C)c(-c2cc3[cH-]c4cc(-c5c(C)cc(C)cc5C)c(C(C)(C)C)cc4c3cc2C(C)(C)C)c(C)c1.Clc1ccc([C](=[Zr+2])c2ccc(Cl)cc2)cc1.[Cl-].[Cl-]. The number of aryl methyl sites for hydroxylation is 6. The minimum atomic E-state index is 0. The van der Waals surface area contributed by atoms with Gasteiger partial charge in [0.1, 0.15) is 0 Å². The smallest absolute Gasteiger partial charge is 1.00 e. The first-order chi connectivity index (χ1) is 30.8. The first-order valence-corrected chi connectivity index (χ1v) is 25.6. The number of halogens is 4. The molecule has 0 fully saturated rings. The van der Waals surface area contributed by atoms with Gasteiger partial charge in [0, 0.05) is 0 Å². The van der Waals surface area contributed by atoms with Gasteiger partial charge in [-0.1, -0.05) is 135 Å². The number of hydrogen-bond donors (Lipinski definition) is 0. The van der Waals surface area contributed by atoms with Crippen molar-refractivity contribution in [2.24, 2.45) is 11.3 Å². The molecule has 0 saturated carbocycles. The van der Waals surface area contributed by atoms with E-state index in [0.29, 0.717) is 11.3 Å². The minimum absolute atomic E-state index is 0. The Balaban J connectivity index is 0.000000284. The Morgan fingerprint density at radius 3 is 1.18 bits per heavy atom. The zero-order valence-corrected chi connectivity index (χ0v) is 48.7. The van der Waals surface area contributed by atoms with Crippen LogP contribution >= 0.6 is 23.2 Å². The molecule has 0 amide bonds. The molecular weight excluding hydrogens is 990 g/mol. The summed E-state index contributed by atoms with van der Waals surface area (Å²) >= 11 is 13.1. The summed E-state index contributed by atoms with van der Waals surface area (Å²) in [7, 11) is 0. The van der Waals surface area contributed by atoms with E-state index in [1.807, 2.05) is 48.5 Å². The largest absolute Gasteiger partial charge is 1.00 e. The molecule has 0 bridgehead atoms. The molecule has 0 spiro atoms. The van der Waals surface area contributed by atoms with Crippen LogP contribution in [-0.2, 0) is 35.1 Å². The van der Waals surface area contributed by atoms with Crippen LogP contribution in [0.3, 0.4) is 0 Å². The van der Waals surface area contributed by atoms with Crippen LogP contribution in [0.4, 0.5) is 0 Å². The third-order valence-corrected chi connectivity index (χ3v) is 14.8. The molecule has 1 aliphatic rings. The summed E-state index contributed by atoms with van der Waals surface area (Å²) in [6.45, 7) is 36.5. The average Bonchev–Trinajstić information content (AvgIpc) is 3.85. The molecule has 0 N–H and O–H groups in total. The van der Waals surface area contributed by atoms with E-state index in [0.717, 1.165) is 10.0 Å². The Bertz CT molecular complexity index is 2750. The second-order valence-corrected chi connectivity index (χ2v) is 23.9. The summed E-state index contributed by atoms with van der Waals surface area (Å²) in [5.74, 6) is 0.573. The molecule has 356 valence electrons. The van der Waals surface area contributed by atoms with Gasteiger partial charge in [-0.25, -0.2) is 6.08 Å². The molecule has 0 aromatic heterocycles. The van der Waals surface area contributed by atoms with E-state index >= 15 is 0 Å². The molecule has 1 aliphatic carbocycles. The predicted molar refractivity (Wildman–Crippen MR) is 289 cm³/mol. The summed E-state index contributed by atoms with van der Waals surface area (Å²) < 4.78 is 1.31. The van der Waals surface area contributed by atoms with E-state index in [1.165, 1.54) is 139 Å². The van der Waals surface area contributed by atoms with Gasteiger partial charge in [-0.2, -0.15) is 11.6 Å². The van der Waals surface area contributed by atoms with Crippen LogP contribution in [0.2, 0.25) is 10.0 Å². The summed E-state index contributed by atoms with van der Waals surface area (Å²) in [4.78, 5) is 0. The van der Waals surface area contributed by atoms with Crippen LogP contribution in [-0.4, -0.2) is 3.21 Å². The molecule has 1 atom stereocenters. The molecule has 68 heavy (non-hydrogen) atoms. The number of hydrogen-bond acceptors (Lipinski definition) is 0. The average molecular weight is 1060 g/mol. The minimum Gasteiger partial charge on any atom is -1.00 e. The van der Waals surface area contributed by atoms with Gasteiger partial charge in [0.15, 0.2) is 0 Å². The van der Waals surface area contributed by atoms with Crippen LogP contribution in [0.25, 0.3) is 43.8 Å². The standard InChI is InChI=1S/C39H45.C13H8Cl2.C11H17.2ClH.Zr/c1-22-13-24(3)36(25(4)14-22)32-18-28-17-29-19-33(37-26(5)15-23(2)16-27(37)6)35(39(10,11)12)21-31(29)30(28)20-34(32)38(7,8)9;14-12-5-1-10(2-6-12)9-11-3-7-13(15)8-4-11;1-5-9-6-7-10(8-9)11(2,3)4;;;/h13-21H,1-12H3;1-8H;7-9H,5H2,1-4H3;2*1H;/q-1;;-1;;;+2/p-2. The maximum Gasteiger partial charge on any atom is -1.00 e. The van der Waals surface area contributed by atoms with Crippen molar-refractivity contribution in [2.45, 2.75) is 128 Å². The van der Waals surface area contributed by atoms with Gasteiger partial charge >= 0.3 is 120 Å². The summed E-state index contributed by atoms with van der Waals surface area (Å²) in [5, 5.41) is 6.95. The van der Waals surface area contributed by atoms with Crippen molar-refractivity contribution >= 4 is 48.0 Å². The fourth-order valence-corrected chi connectivity index (χ4v) is 10.7. The van der Waals surface area contributed by atoms with Gasteiger partial charge < -0.3 is 24.8 Å². The summed E-state index contributed by atoms with van der Waals surface area (Å²) in [6.07, 6.45) is 9.00. The molecule has 0 heterocycles. The Kier molecular flexibility index (Phi) is 19.1. The zero-order chi connectivity index (χ0) is 48.6. The molecule has 7 aromatic carbocycles. The monoisotopic (exact) mass is 1060 g/mol. The van der Waals surface area contributed by atoms with Crippen LogP contribution in [0.1, 0.15) is 131 Å². The van der Waals surface area contributed by atoms with E-state index in [-0.39, 0.29) is 35.6 Å². The second kappa shape index (κ2) is 22.8. The second-order valence-electron chi connectivity index (χ2n) is 21.7. The van der Waals surface area contributed by atoms with Crippen molar-refractivity contribution in [1.29, 1.82) is 0 Å². The number of allylic oxidation sites excluding steroid dienone is 4. The fourth-order valence-electron chi connectivity index (χ4n) is 9.58. The molecule has 0 aliphatic heterocycles. The summed E-state index contributed by atoms with van der Waals surface area (Å²) in [5.41, 5.74) is 20.7. The molecule has 0 nitrogen and oxygen atoms in total. The maximum atomic E-state index is 5.86. The summed E-state index contributed by atoms with van der Waals surface area (Å²) in [6, 6.07) is 37.5. The fraction of sp³-hybridized carbons (Fsp3) is 0.333. The number of benzene rings is 6. The van der Waals surface area contributed by atoms with Crippen molar-refractivity contribution in [1.82, 2.24) is 0 Å². The topological polar surface area (TPSA) is 0 Å². The molecule has 0 saturated heterocycles. The molecule has 8 rings (SSSR count). The Morgan fingerprint density at radius 1 is 0.544 bits per heavy atom. The Hall–Kier alpha value is -3.42. The third-order valence-electron chi connectivity index (χ3n) is 12.9. The quantitative estimate of drug-likeness (QED) is 0.151. The molecule has 0 radical (unpaired) electrons.